The van der Waals surface area contributed by atoms with Crippen molar-refractivity contribution in [3.05, 3.63) is 0 Å². The summed E-state index contributed by atoms with van der Waals surface area (Å²) in [6, 6.07) is 0. The molecule has 3 aliphatic rings. The van der Waals surface area contributed by atoms with Crippen molar-refractivity contribution in [3.8, 4) is 0 Å². The van der Waals surface area contributed by atoms with Gasteiger partial charge in [0.2, 0.25) is 0 Å². The van der Waals surface area contributed by atoms with E-state index in [0.717, 1.165) is 22.3 Å². The molecule has 4 unspecified atom stereocenters. The molecule has 0 aromatic heterocycles. The molecule has 0 nitrogen and oxygen atoms in total. The minimum absolute atomic E-state index is 1.01. The molecule has 2 bridgehead atoms. The van der Waals surface area contributed by atoms with Gasteiger partial charge >= 0.3 is 0 Å². The molecule has 1 saturated heterocycles. The van der Waals surface area contributed by atoms with Gasteiger partial charge in [-0.2, -0.15) is 0 Å². The van der Waals surface area contributed by atoms with Crippen LogP contribution in [0, 0.1) is 11.8 Å². The lowest BCUT2D eigenvalue weighted by molar-refractivity contribution is 0.507. The molecule has 1 aliphatic heterocycles. The molecule has 0 aromatic carbocycles. The van der Waals surface area contributed by atoms with Gasteiger partial charge in [-0.1, -0.05) is 43.2 Å². The highest BCUT2D eigenvalue weighted by Gasteiger charge is 2.49. The average molecular weight is 236 g/mol. The summed E-state index contributed by atoms with van der Waals surface area (Å²) in [5.41, 5.74) is 0. The van der Waals surface area contributed by atoms with Crippen LogP contribution >= 0.6 is 43.2 Å². The van der Waals surface area contributed by atoms with Crippen LogP contribution < -0.4 is 0 Å². The van der Waals surface area contributed by atoms with E-state index >= 15 is 0 Å². The van der Waals surface area contributed by atoms with Gasteiger partial charge in [0.25, 0.3) is 0 Å². The predicted molar refractivity (Wildman–Crippen MR) is 63.6 cm³/mol. The summed E-state index contributed by atoms with van der Waals surface area (Å²) in [6.45, 7) is 0. The monoisotopic (exact) mass is 236 g/mol. The lowest BCUT2D eigenvalue weighted by Gasteiger charge is -2.26. The van der Waals surface area contributed by atoms with E-state index in [2.05, 4.69) is 43.2 Å². The van der Waals surface area contributed by atoms with Crippen LogP contribution in [0.2, 0.25) is 0 Å². The second-order valence-corrected chi connectivity index (χ2v) is 9.27. The summed E-state index contributed by atoms with van der Waals surface area (Å²) in [5.74, 6) is 2.17. The molecule has 2 aliphatic carbocycles. The van der Waals surface area contributed by atoms with Crippen LogP contribution in [0.3, 0.4) is 0 Å². The highest BCUT2D eigenvalue weighted by Crippen LogP contribution is 2.60. The van der Waals surface area contributed by atoms with Crippen LogP contribution in [-0.2, 0) is 0 Å². The van der Waals surface area contributed by atoms with E-state index < -0.39 is 0 Å². The Morgan fingerprint density at radius 2 is 1.42 bits per heavy atom. The molecule has 0 spiro atoms. The molecule has 3 fully saturated rings. The molecule has 2 saturated carbocycles. The van der Waals surface area contributed by atoms with Gasteiger partial charge in [0.15, 0.2) is 0 Å². The summed E-state index contributed by atoms with van der Waals surface area (Å²) in [7, 11) is 8.57. The fourth-order valence-electron chi connectivity index (χ4n) is 2.68. The second kappa shape index (κ2) is 3.52. The van der Waals surface area contributed by atoms with Crippen molar-refractivity contribution < 1.29 is 0 Å². The van der Waals surface area contributed by atoms with Crippen LogP contribution in [-0.4, -0.2) is 15.6 Å². The third kappa shape index (κ3) is 1.33. The zero-order valence-electron chi connectivity index (χ0n) is 6.77. The first-order valence-corrected chi connectivity index (χ1v) is 9.28. The van der Waals surface area contributed by atoms with Crippen LogP contribution in [0.5, 0.6) is 0 Å². The number of hydrogen-bond acceptors (Lipinski definition) is 4. The van der Waals surface area contributed by atoms with Crippen LogP contribution in [0.15, 0.2) is 0 Å². The third-order valence-corrected chi connectivity index (χ3v) is 10.1. The maximum Gasteiger partial charge on any atom is 0.0600 e. The Labute approximate surface area is 89.6 Å². The molecule has 12 heavy (non-hydrogen) atoms. The number of fused-ring (bicyclic) bond motifs is 5. The minimum atomic E-state index is 1.01. The molecule has 4 heteroatoms. The summed E-state index contributed by atoms with van der Waals surface area (Å²) < 4.78 is 0. The molecule has 3 rings (SSSR count). The standard InChI is InChI=1S/C8H12S4/c1-2-6-3-5(1)7-8(6)12-10-4-9-11-7/h5-8H,1-4H2. The fraction of sp³-hybridized carbons (Fsp3) is 1.00. The van der Waals surface area contributed by atoms with E-state index in [-0.39, 0.29) is 0 Å². The van der Waals surface area contributed by atoms with Crippen LogP contribution in [0.25, 0.3) is 0 Å². The Balaban J connectivity index is 1.81. The van der Waals surface area contributed by atoms with Gasteiger partial charge in [0, 0.05) is 10.5 Å². The average Bonchev–Trinajstić information content (AvgIpc) is 2.58. The Kier molecular flexibility index (Phi) is 2.55. The van der Waals surface area contributed by atoms with Crippen molar-refractivity contribution in [3.63, 3.8) is 0 Å². The molecule has 0 aromatic rings. The lowest BCUT2D eigenvalue weighted by atomic mass is 10.00. The molecule has 0 N–H and O–H groups in total. The quantitative estimate of drug-likeness (QED) is 0.585. The van der Waals surface area contributed by atoms with Gasteiger partial charge in [-0.15, -0.1) is 0 Å². The van der Waals surface area contributed by atoms with Crippen molar-refractivity contribution in [2.45, 2.75) is 29.8 Å². The van der Waals surface area contributed by atoms with Crippen molar-refractivity contribution in [1.29, 1.82) is 0 Å². The van der Waals surface area contributed by atoms with Crippen molar-refractivity contribution in [2.24, 2.45) is 11.8 Å². The van der Waals surface area contributed by atoms with E-state index in [0.29, 0.717) is 0 Å². The molecule has 0 radical (unpaired) electrons. The van der Waals surface area contributed by atoms with Gasteiger partial charge < -0.3 is 0 Å². The zero-order chi connectivity index (χ0) is 7.97. The smallest absolute Gasteiger partial charge is 0.0600 e. The summed E-state index contributed by atoms with van der Waals surface area (Å²) in [6.07, 6.45) is 4.62. The molecular formula is C8H12S4. The summed E-state index contributed by atoms with van der Waals surface area (Å²) >= 11 is 0. The molecular weight excluding hydrogens is 224 g/mol. The first-order chi connectivity index (χ1) is 5.95. The van der Waals surface area contributed by atoms with Crippen molar-refractivity contribution >= 4 is 43.2 Å². The highest BCUT2D eigenvalue weighted by atomic mass is 33.1. The number of rotatable bonds is 0. The van der Waals surface area contributed by atoms with Crippen molar-refractivity contribution in [1.82, 2.24) is 0 Å². The predicted octanol–water partition coefficient (Wildman–Crippen LogP) is 3.89. The first kappa shape index (κ1) is 8.69. The van der Waals surface area contributed by atoms with Crippen LogP contribution in [0.4, 0.5) is 0 Å². The Morgan fingerprint density at radius 1 is 0.833 bits per heavy atom. The second-order valence-electron chi connectivity index (χ2n) is 3.81. The maximum atomic E-state index is 2.19. The normalized spacial score (nSPS) is 52.0. The fourth-order valence-corrected chi connectivity index (χ4v) is 10.8. The first-order valence-electron chi connectivity index (χ1n) is 4.52. The molecule has 1 heterocycles. The summed E-state index contributed by atoms with van der Waals surface area (Å²) in [4.78, 5) is 0. The van der Waals surface area contributed by atoms with Gasteiger partial charge in [-0.3, -0.25) is 0 Å². The van der Waals surface area contributed by atoms with Gasteiger partial charge in [0.1, 0.15) is 0 Å². The topological polar surface area (TPSA) is 0 Å². The SMILES string of the molecule is C1SSC2C3CCC(C3)C2SS1. The van der Waals surface area contributed by atoms with E-state index in [1.807, 2.05) is 0 Å². The Hall–Kier alpha value is 1.40. The molecule has 68 valence electrons. The molecule has 4 atom stereocenters. The largest absolute Gasteiger partial charge is 0.0884 e. The van der Waals surface area contributed by atoms with E-state index in [1.165, 1.54) is 17.9 Å². The van der Waals surface area contributed by atoms with Gasteiger partial charge in [-0.25, -0.2) is 0 Å². The van der Waals surface area contributed by atoms with Gasteiger partial charge in [-0.05, 0) is 31.1 Å². The third-order valence-electron chi connectivity index (χ3n) is 3.22. The molecule has 0 amide bonds. The van der Waals surface area contributed by atoms with E-state index in [9.17, 15) is 0 Å². The minimum Gasteiger partial charge on any atom is -0.0884 e. The summed E-state index contributed by atoms with van der Waals surface area (Å²) in [5, 5.41) is 3.31. The van der Waals surface area contributed by atoms with Gasteiger partial charge in [0.05, 0.1) is 5.08 Å². The maximum absolute atomic E-state index is 2.19. The Bertz CT molecular complexity index is 166. The Morgan fingerprint density at radius 3 is 2.00 bits per heavy atom. The van der Waals surface area contributed by atoms with E-state index in [4.69, 9.17) is 0 Å². The highest BCUT2D eigenvalue weighted by molar-refractivity contribution is 8.86. The van der Waals surface area contributed by atoms with Crippen molar-refractivity contribution in [2.75, 3.05) is 5.08 Å². The number of hydrogen-bond donors (Lipinski definition) is 0. The van der Waals surface area contributed by atoms with E-state index in [1.54, 1.807) is 6.42 Å². The lowest BCUT2D eigenvalue weighted by Crippen LogP contribution is -2.25. The van der Waals surface area contributed by atoms with Crippen LogP contribution in [0.1, 0.15) is 19.3 Å². The zero-order valence-corrected chi connectivity index (χ0v) is 10.0.